The van der Waals surface area contributed by atoms with E-state index in [1.165, 1.54) is 0 Å². The largest absolute Gasteiger partial charge is 0.345 e. The molecule has 2 aliphatic rings. The van der Waals surface area contributed by atoms with Crippen LogP contribution in [0.25, 0.3) is 0 Å². The van der Waals surface area contributed by atoms with Gasteiger partial charge >= 0.3 is 0 Å². The van der Waals surface area contributed by atoms with Gasteiger partial charge in [-0.05, 0) is 30.5 Å². The van der Waals surface area contributed by atoms with Crippen molar-refractivity contribution in [3.63, 3.8) is 0 Å². The van der Waals surface area contributed by atoms with E-state index in [2.05, 4.69) is 5.32 Å². The van der Waals surface area contributed by atoms with Crippen LogP contribution in [0.2, 0.25) is 5.02 Å². The normalized spacial score (nSPS) is 21.4. The van der Waals surface area contributed by atoms with Gasteiger partial charge < -0.3 is 10.2 Å². The van der Waals surface area contributed by atoms with Crippen molar-refractivity contribution in [1.82, 2.24) is 10.2 Å². The summed E-state index contributed by atoms with van der Waals surface area (Å²) in [6, 6.07) is 7.47. The fourth-order valence-corrected chi connectivity index (χ4v) is 3.50. The Hall–Kier alpha value is -1.55. The van der Waals surface area contributed by atoms with E-state index < -0.39 is 5.54 Å². The standard InChI is InChI=1S/C15H17ClN2O2/c16-12-5-3-4-11(8-12)10-18-13(19)9-17-14(20)15(18)6-1-2-7-15/h3-5,8H,1-2,6-7,9-10H2,(H,17,20). The number of benzene rings is 1. The highest BCUT2D eigenvalue weighted by molar-refractivity contribution is 6.30. The van der Waals surface area contributed by atoms with Crippen LogP contribution < -0.4 is 5.32 Å². The number of piperazine rings is 1. The Labute approximate surface area is 123 Å². The van der Waals surface area contributed by atoms with Crippen LogP contribution in [0.4, 0.5) is 0 Å². The lowest BCUT2D eigenvalue weighted by molar-refractivity contribution is -0.154. The molecule has 0 aromatic heterocycles. The Morgan fingerprint density at radius 2 is 2.00 bits per heavy atom. The van der Waals surface area contributed by atoms with Crippen molar-refractivity contribution in [1.29, 1.82) is 0 Å². The van der Waals surface area contributed by atoms with Gasteiger partial charge in [0.25, 0.3) is 0 Å². The van der Waals surface area contributed by atoms with E-state index in [-0.39, 0.29) is 18.4 Å². The second-order valence-electron chi connectivity index (χ2n) is 5.53. The number of carbonyl (C=O) groups excluding carboxylic acids is 2. The highest BCUT2D eigenvalue weighted by atomic mass is 35.5. The Morgan fingerprint density at radius 1 is 1.25 bits per heavy atom. The molecule has 1 saturated heterocycles. The van der Waals surface area contributed by atoms with E-state index in [1.54, 1.807) is 11.0 Å². The third-order valence-electron chi connectivity index (χ3n) is 4.30. The van der Waals surface area contributed by atoms with E-state index in [0.717, 1.165) is 31.2 Å². The highest BCUT2D eigenvalue weighted by Crippen LogP contribution is 2.38. The fourth-order valence-electron chi connectivity index (χ4n) is 3.29. The number of nitrogens with one attached hydrogen (secondary N) is 1. The van der Waals surface area contributed by atoms with Crippen LogP contribution in [0.5, 0.6) is 0 Å². The lowest BCUT2D eigenvalue weighted by Crippen LogP contribution is -2.65. The van der Waals surface area contributed by atoms with Gasteiger partial charge in [0.05, 0.1) is 6.54 Å². The minimum atomic E-state index is -0.641. The summed E-state index contributed by atoms with van der Waals surface area (Å²) in [5.74, 6) is -0.0110. The first-order chi connectivity index (χ1) is 9.62. The van der Waals surface area contributed by atoms with Crippen molar-refractivity contribution in [3.05, 3.63) is 34.9 Å². The maximum absolute atomic E-state index is 12.3. The fraction of sp³-hybridized carbons (Fsp3) is 0.467. The second kappa shape index (κ2) is 5.09. The smallest absolute Gasteiger partial charge is 0.246 e. The molecule has 4 nitrogen and oxygen atoms in total. The predicted molar refractivity (Wildman–Crippen MR) is 76.2 cm³/mol. The lowest BCUT2D eigenvalue weighted by Gasteiger charge is -2.43. The van der Waals surface area contributed by atoms with Gasteiger partial charge in [-0.1, -0.05) is 36.6 Å². The van der Waals surface area contributed by atoms with Crippen LogP contribution >= 0.6 is 11.6 Å². The number of hydrogen-bond donors (Lipinski definition) is 1. The zero-order valence-electron chi connectivity index (χ0n) is 11.2. The van der Waals surface area contributed by atoms with Crippen molar-refractivity contribution in [2.24, 2.45) is 0 Å². The Kier molecular flexibility index (Phi) is 3.42. The molecule has 1 spiro atoms. The van der Waals surface area contributed by atoms with Gasteiger partial charge in [0.1, 0.15) is 5.54 Å². The molecule has 2 fully saturated rings. The van der Waals surface area contributed by atoms with Crippen molar-refractivity contribution >= 4 is 23.4 Å². The van der Waals surface area contributed by atoms with E-state index in [0.29, 0.717) is 11.6 Å². The van der Waals surface area contributed by atoms with Crippen LogP contribution in [-0.4, -0.2) is 28.8 Å². The maximum Gasteiger partial charge on any atom is 0.246 e. The highest BCUT2D eigenvalue weighted by Gasteiger charge is 2.50. The molecule has 1 saturated carbocycles. The molecule has 0 unspecified atom stereocenters. The number of hydrogen-bond acceptors (Lipinski definition) is 2. The van der Waals surface area contributed by atoms with Crippen LogP contribution in [-0.2, 0) is 16.1 Å². The molecule has 0 atom stereocenters. The number of amides is 2. The molecule has 1 aliphatic heterocycles. The van der Waals surface area contributed by atoms with Crippen molar-refractivity contribution in [2.45, 2.75) is 37.8 Å². The molecular weight excluding hydrogens is 276 g/mol. The molecule has 0 bridgehead atoms. The van der Waals surface area contributed by atoms with Crippen molar-refractivity contribution in [3.8, 4) is 0 Å². The predicted octanol–water partition coefficient (Wildman–Crippen LogP) is 2.11. The molecule has 1 aromatic rings. The molecule has 0 radical (unpaired) electrons. The molecule has 1 N–H and O–H groups in total. The maximum atomic E-state index is 12.3. The van der Waals surface area contributed by atoms with E-state index in [4.69, 9.17) is 11.6 Å². The number of carbonyl (C=O) groups is 2. The van der Waals surface area contributed by atoms with Crippen LogP contribution in [0.1, 0.15) is 31.2 Å². The molecule has 3 rings (SSSR count). The summed E-state index contributed by atoms with van der Waals surface area (Å²) < 4.78 is 0. The molecule has 2 amide bonds. The first-order valence-electron chi connectivity index (χ1n) is 6.95. The summed E-state index contributed by atoms with van der Waals surface area (Å²) in [4.78, 5) is 26.3. The Morgan fingerprint density at radius 3 is 2.70 bits per heavy atom. The third kappa shape index (κ3) is 2.18. The third-order valence-corrected chi connectivity index (χ3v) is 4.54. The van der Waals surface area contributed by atoms with E-state index in [9.17, 15) is 9.59 Å². The van der Waals surface area contributed by atoms with Gasteiger partial charge in [-0.25, -0.2) is 0 Å². The summed E-state index contributed by atoms with van der Waals surface area (Å²) in [7, 11) is 0. The summed E-state index contributed by atoms with van der Waals surface area (Å²) in [6.45, 7) is 0.550. The van der Waals surface area contributed by atoms with Crippen LogP contribution in [0.3, 0.4) is 0 Å². The minimum absolute atomic E-state index is 0.00312. The Balaban J connectivity index is 1.91. The monoisotopic (exact) mass is 292 g/mol. The van der Waals surface area contributed by atoms with Gasteiger partial charge in [0.15, 0.2) is 0 Å². The van der Waals surface area contributed by atoms with Crippen molar-refractivity contribution in [2.75, 3.05) is 6.54 Å². The number of rotatable bonds is 2. The minimum Gasteiger partial charge on any atom is -0.345 e. The molecule has 5 heteroatoms. The average Bonchev–Trinajstić information content (AvgIpc) is 2.90. The van der Waals surface area contributed by atoms with Crippen LogP contribution in [0.15, 0.2) is 24.3 Å². The van der Waals surface area contributed by atoms with Gasteiger partial charge in [0, 0.05) is 11.6 Å². The SMILES string of the molecule is O=C1CNC(=O)C2(CCCC2)N1Cc1cccc(Cl)c1. The molecule has 20 heavy (non-hydrogen) atoms. The summed E-state index contributed by atoms with van der Waals surface area (Å²) in [6.07, 6.45) is 3.50. The van der Waals surface area contributed by atoms with Gasteiger partial charge in [-0.15, -0.1) is 0 Å². The second-order valence-corrected chi connectivity index (χ2v) is 5.97. The first kappa shape index (κ1) is 13.4. The summed E-state index contributed by atoms with van der Waals surface area (Å²) in [5.41, 5.74) is 0.323. The van der Waals surface area contributed by atoms with Crippen LogP contribution in [0, 0.1) is 0 Å². The first-order valence-corrected chi connectivity index (χ1v) is 7.33. The quantitative estimate of drug-likeness (QED) is 0.907. The zero-order valence-corrected chi connectivity index (χ0v) is 11.9. The molecular formula is C15H17ClN2O2. The molecule has 1 heterocycles. The van der Waals surface area contributed by atoms with Gasteiger partial charge in [-0.2, -0.15) is 0 Å². The topological polar surface area (TPSA) is 49.4 Å². The average molecular weight is 293 g/mol. The molecule has 1 aliphatic carbocycles. The summed E-state index contributed by atoms with van der Waals surface area (Å²) in [5, 5.41) is 3.39. The van der Waals surface area contributed by atoms with E-state index >= 15 is 0 Å². The van der Waals surface area contributed by atoms with Crippen molar-refractivity contribution < 1.29 is 9.59 Å². The van der Waals surface area contributed by atoms with Gasteiger partial charge in [0.2, 0.25) is 11.8 Å². The molecule has 106 valence electrons. The lowest BCUT2D eigenvalue weighted by atomic mass is 9.90. The Bertz CT molecular complexity index is 553. The number of halogens is 1. The zero-order chi connectivity index (χ0) is 14.2. The van der Waals surface area contributed by atoms with Gasteiger partial charge in [-0.3, -0.25) is 9.59 Å². The molecule has 1 aromatic carbocycles. The number of nitrogens with zero attached hydrogens (tertiary/aromatic N) is 1. The summed E-state index contributed by atoms with van der Waals surface area (Å²) >= 11 is 6.00. The van der Waals surface area contributed by atoms with E-state index in [1.807, 2.05) is 18.2 Å².